The molecule has 0 saturated carbocycles. The highest BCUT2D eigenvalue weighted by atomic mass is 35.5. The van der Waals surface area contributed by atoms with E-state index in [-0.39, 0.29) is 17.8 Å². The lowest BCUT2D eigenvalue weighted by Crippen LogP contribution is -2.21. The number of hydrogen-bond donors (Lipinski definition) is 2. The lowest BCUT2D eigenvalue weighted by molar-refractivity contribution is 0.0659. The highest BCUT2D eigenvalue weighted by Crippen LogP contribution is 2.28. The summed E-state index contributed by atoms with van der Waals surface area (Å²) >= 11 is 7.42. The fourth-order valence-electron chi connectivity index (χ4n) is 1.80. The maximum atomic E-state index is 10.8. The van der Waals surface area contributed by atoms with E-state index in [4.69, 9.17) is 21.1 Å². The van der Waals surface area contributed by atoms with Crippen molar-refractivity contribution in [3.05, 3.63) is 45.0 Å². The normalized spacial score (nSPS) is 14.3. The molecule has 2 heterocycles. The van der Waals surface area contributed by atoms with Gasteiger partial charge in [0.2, 0.25) is 5.76 Å². The first-order valence-electron chi connectivity index (χ1n) is 5.81. The van der Waals surface area contributed by atoms with Gasteiger partial charge in [0.15, 0.2) is 0 Å². The maximum Gasteiger partial charge on any atom is 0.371 e. The van der Waals surface area contributed by atoms with E-state index >= 15 is 0 Å². The van der Waals surface area contributed by atoms with Crippen molar-refractivity contribution in [2.45, 2.75) is 25.9 Å². The Bertz CT molecular complexity index is 578. The third-order valence-corrected chi connectivity index (χ3v) is 4.20. The Morgan fingerprint density at radius 1 is 1.32 bits per heavy atom. The van der Waals surface area contributed by atoms with Crippen molar-refractivity contribution in [3.8, 4) is 0 Å². The fourth-order valence-corrected chi connectivity index (χ4v) is 2.87. The van der Waals surface area contributed by atoms with Crippen molar-refractivity contribution in [1.82, 2.24) is 5.32 Å². The van der Waals surface area contributed by atoms with Gasteiger partial charge in [-0.25, -0.2) is 4.79 Å². The van der Waals surface area contributed by atoms with E-state index in [9.17, 15) is 4.79 Å². The van der Waals surface area contributed by atoms with Crippen LogP contribution in [0.2, 0.25) is 4.34 Å². The second-order valence-electron chi connectivity index (χ2n) is 4.26. The van der Waals surface area contributed by atoms with Gasteiger partial charge in [-0.15, -0.1) is 11.3 Å². The predicted octanol–water partition coefficient (Wildman–Crippen LogP) is 4.10. The Morgan fingerprint density at radius 2 is 2.05 bits per heavy atom. The maximum absolute atomic E-state index is 10.8. The van der Waals surface area contributed by atoms with Crippen molar-refractivity contribution in [1.29, 1.82) is 0 Å². The standard InChI is InChI=1S/C13H14ClNO3S/c1-7(9-3-4-10(18-9)13(16)17)15-8(2)11-5-6-12(14)19-11/h3-8,15H,1-2H3,(H,16,17). The zero-order chi connectivity index (χ0) is 14.0. The first-order chi connectivity index (χ1) is 8.97. The van der Waals surface area contributed by atoms with Crippen LogP contribution in [0.3, 0.4) is 0 Å². The van der Waals surface area contributed by atoms with Crippen LogP contribution in [0.1, 0.15) is 47.1 Å². The van der Waals surface area contributed by atoms with Crippen molar-refractivity contribution < 1.29 is 14.3 Å². The Labute approximate surface area is 120 Å². The molecule has 0 amide bonds. The van der Waals surface area contributed by atoms with Crippen LogP contribution in [0.4, 0.5) is 0 Å². The van der Waals surface area contributed by atoms with E-state index in [1.807, 2.05) is 26.0 Å². The third-order valence-electron chi connectivity index (χ3n) is 2.79. The van der Waals surface area contributed by atoms with E-state index in [0.29, 0.717) is 5.76 Å². The third kappa shape index (κ3) is 3.37. The van der Waals surface area contributed by atoms with Crippen LogP contribution in [-0.4, -0.2) is 11.1 Å². The van der Waals surface area contributed by atoms with Gasteiger partial charge in [-0.1, -0.05) is 11.6 Å². The minimum absolute atomic E-state index is 0.0459. The van der Waals surface area contributed by atoms with E-state index < -0.39 is 5.97 Å². The number of hydrogen-bond acceptors (Lipinski definition) is 4. The summed E-state index contributed by atoms with van der Waals surface area (Å²) in [6.07, 6.45) is 0. The van der Waals surface area contributed by atoms with Gasteiger partial charge in [0.25, 0.3) is 0 Å². The molecule has 2 aromatic heterocycles. The van der Waals surface area contributed by atoms with Gasteiger partial charge in [0, 0.05) is 10.9 Å². The second-order valence-corrected chi connectivity index (χ2v) is 6.01. The molecule has 2 rings (SSSR count). The highest BCUT2D eigenvalue weighted by molar-refractivity contribution is 7.16. The van der Waals surface area contributed by atoms with Crippen molar-refractivity contribution >= 4 is 28.9 Å². The first kappa shape index (κ1) is 14.1. The monoisotopic (exact) mass is 299 g/mol. The molecule has 19 heavy (non-hydrogen) atoms. The molecule has 4 nitrogen and oxygen atoms in total. The van der Waals surface area contributed by atoms with Crippen LogP contribution >= 0.6 is 22.9 Å². The molecule has 0 aliphatic rings. The minimum atomic E-state index is -1.06. The molecule has 0 aliphatic heterocycles. The summed E-state index contributed by atoms with van der Waals surface area (Å²) in [7, 11) is 0. The average Bonchev–Trinajstić information content (AvgIpc) is 2.96. The number of nitrogens with one attached hydrogen (secondary N) is 1. The lowest BCUT2D eigenvalue weighted by Gasteiger charge is -2.17. The van der Waals surface area contributed by atoms with Crippen LogP contribution in [0.25, 0.3) is 0 Å². The molecule has 6 heteroatoms. The second kappa shape index (κ2) is 5.77. The Balaban J connectivity index is 2.03. The summed E-state index contributed by atoms with van der Waals surface area (Å²) < 4.78 is 6.02. The topological polar surface area (TPSA) is 62.5 Å². The molecular weight excluding hydrogens is 286 g/mol. The van der Waals surface area contributed by atoms with Gasteiger partial charge < -0.3 is 14.8 Å². The van der Waals surface area contributed by atoms with Gasteiger partial charge in [-0.2, -0.15) is 0 Å². The number of carbonyl (C=O) groups is 1. The number of carboxylic acids is 1. The lowest BCUT2D eigenvalue weighted by atomic mass is 10.2. The van der Waals surface area contributed by atoms with Crippen molar-refractivity contribution in [2.75, 3.05) is 0 Å². The summed E-state index contributed by atoms with van der Waals surface area (Å²) in [5.74, 6) is -0.501. The molecule has 0 aliphatic carbocycles. The van der Waals surface area contributed by atoms with E-state index in [1.54, 1.807) is 6.07 Å². The Morgan fingerprint density at radius 3 is 2.58 bits per heavy atom. The summed E-state index contributed by atoms with van der Waals surface area (Å²) in [4.78, 5) is 11.9. The Hall–Kier alpha value is -1.30. The van der Waals surface area contributed by atoms with E-state index in [0.717, 1.165) is 9.21 Å². The molecule has 2 unspecified atom stereocenters. The van der Waals surface area contributed by atoms with Crippen LogP contribution in [0, 0.1) is 0 Å². The SMILES string of the molecule is CC(NC(C)c1ccc(Cl)s1)c1ccc(C(=O)O)o1. The molecular formula is C13H14ClNO3S. The van der Waals surface area contributed by atoms with E-state index in [1.165, 1.54) is 17.4 Å². The molecule has 0 saturated heterocycles. The van der Waals surface area contributed by atoms with Gasteiger partial charge in [0.1, 0.15) is 5.76 Å². The smallest absolute Gasteiger partial charge is 0.371 e. The van der Waals surface area contributed by atoms with Gasteiger partial charge in [0.05, 0.1) is 10.4 Å². The molecule has 2 aromatic rings. The quantitative estimate of drug-likeness (QED) is 0.872. The largest absolute Gasteiger partial charge is 0.475 e. The number of rotatable bonds is 5. The molecule has 0 spiro atoms. The minimum Gasteiger partial charge on any atom is -0.475 e. The first-order valence-corrected chi connectivity index (χ1v) is 7.01. The van der Waals surface area contributed by atoms with Crippen LogP contribution in [-0.2, 0) is 0 Å². The average molecular weight is 300 g/mol. The number of carboxylic acid groups (broad SMARTS) is 1. The molecule has 102 valence electrons. The molecule has 0 fully saturated rings. The summed E-state index contributed by atoms with van der Waals surface area (Å²) in [6.45, 7) is 3.95. The number of furan rings is 1. The zero-order valence-electron chi connectivity index (χ0n) is 10.5. The molecule has 0 aromatic carbocycles. The van der Waals surface area contributed by atoms with Gasteiger partial charge in [-0.05, 0) is 38.1 Å². The summed E-state index contributed by atoms with van der Waals surface area (Å²) in [5, 5.41) is 12.2. The van der Waals surface area contributed by atoms with E-state index in [2.05, 4.69) is 5.32 Å². The highest BCUT2D eigenvalue weighted by Gasteiger charge is 2.17. The fraction of sp³-hybridized carbons (Fsp3) is 0.308. The van der Waals surface area contributed by atoms with Crippen molar-refractivity contribution in [3.63, 3.8) is 0 Å². The van der Waals surface area contributed by atoms with Crippen LogP contribution in [0.15, 0.2) is 28.7 Å². The molecule has 2 N–H and O–H groups in total. The summed E-state index contributed by atoms with van der Waals surface area (Å²) in [6, 6.07) is 7.01. The predicted molar refractivity (Wildman–Crippen MR) is 75.0 cm³/mol. The molecule has 2 atom stereocenters. The number of thiophene rings is 1. The van der Waals surface area contributed by atoms with Crippen molar-refractivity contribution in [2.24, 2.45) is 0 Å². The van der Waals surface area contributed by atoms with Crippen LogP contribution in [0.5, 0.6) is 0 Å². The van der Waals surface area contributed by atoms with Crippen LogP contribution < -0.4 is 5.32 Å². The van der Waals surface area contributed by atoms with Gasteiger partial charge in [-0.3, -0.25) is 0 Å². The Kier molecular flexibility index (Phi) is 4.29. The van der Waals surface area contributed by atoms with Gasteiger partial charge >= 0.3 is 5.97 Å². The molecule has 0 radical (unpaired) electrons. The molecule has 0 bridgehead atoms. The number of halogens is 1. The number of aromatic carboxylic acids is 1. The zero-order valence-corrected chi connectivity index (χ0v) is 12.1. The summed E-state index contributed by atoms with van der Waals surface area (Å²) in [5.41, 5.74) is 0.